The number of nitrogens with zero attached hydrogens (tertiary/aromatic N) is 2. The predicted molar refractivity (Wildman–Crippen MR) is 70.2 cm³/mol. The molecule has 0 spiro atoms. The van der Waals surface area contributed by atoms with E-state index in [4.69, 9.17) is 0 Å². The minimum Gasteiger partial charge on any atom is -0.314 e. The fourth-order valence-electron chi connectivity index (χ4n) is 1.94. The summed E-state index contributed by atoms with van der Waals surface area (Å²) in [5.74, 6) is -0.120. The van der Waals surface area contributed by atoms with Gasteiger partial charge in [-0.15, -0.1) is 0 Å². The molecule has 1 heterocycles. The molecular formula is C11H15N3O4S. The number of nitrogens with one attached hydrogen (secondary N) is 1. The van der Waals surface area contributed by atoms with Crippen LogP contribution in [0.2, 0.25) is 0 Å². The number of non-ortho nitro benzene ring substituents is 1. The van der Waals surface area contributed by atoms with E-state index in [9.17, 15) is 18.5 Å². The van der Waals surface area contributed by atoms with Crippen molar-refractivity contribution in [1.82, 2.24) is 9.62 Å². The number of hydrogen-bond donors (Lipinski definition) is 1. The normalized spacial score (nSPS) is 17.3. The van der Waals surface area contributed by atoms with Crippen molar-refractivity contribution >= 4 is 15.7 Å². The van der Waals surface area contributed by atoms with Crippen molar-refractivity contribution in [3.05, 3.63) is 39.9 Å². The number of piperazine rings is 1. The Morgan fingerprint density at radius 2 is 1.79 bits per heavy atom. The van der Waals surface area contributed by atoms with Crippen LogP contribution in [0.25, 0.3) is 0 Å². The zero-order valence-corrected chi connectivity index (χ0v) is 11.1. The van der Waals surface area contributed by atoms with Gasteiger partial charge >= 0.3 is 0 Å². The van der Waals surface area contributed by atoms with Gasteiger partial charge in [-0.1, -0.05) is 12.1 Å². The van der Waals surface area contributed by atoms with Gasteiger partial charge in [-0.25, -0.2) is 8.42 Å². The number of rotatable bonds is 4. The third-order valence-corrected chi connectivity index (χ3v) is 4.82. The molecule has 19 heavy (non-hydrogen) atoms. The molecule has 0 saturated carbocycles. The van der Waals surface area contributed by atoms with Gasteiger partial charge in [0.2, 0.25) is 10.0 Å². The molecule has 0 bridgehead atoms. The Kier molecular flexibility index (Phi) is 4.13. The Morgan fingerprint density at radius 3 is 2.32 bits per heavy atom. The van der Waals surface area contributed by atoms with Gasteiger partial charge in [-0.2, -0.15) is 4.31 Å². The third kappa shape index (κ3) is 3.49. The van der Waals surface area contributed by atoms with Crippen molar-refractivity contribution in [1.29, 1.82) is 0 Å². The summed E-state index contributed by atoms with van der Waals surface area (Å²) in [5, 5.41) is 13.6. The Hall–Kier alpha value is -1.51. The highest BCUT2D eigenvalue weighted by Gasteiger charge is 2.24. The van der Waals surface area contributed by atoms with E-state index >= 15 is 0 Å². The first-order valence-corrected chi connectivity index (χ1v) is 7.52. The fourth-order valence-corrected chi connectivity index (χ4v) is 3.47. The molecule has 0 aromatic heterocycles. The molecule has 0 aliphatic carbocycles. The second kappa shape index (κ2) is 5.64. The molecule has 1 saturated heterocycles. The topological polar surface area (TPSA) is 92.5 Å². The maximum absolute atomic E-state index is 12.1. The van der Waals surface area contributed by atoms with Crippen molar-refractivity contribution in [3.8, 4) is 0 Å². The van der Waals surface area contributed by atoms with E-state index in [0.29, 0.717) is 31.7 Å². The lowest BCUT2D eigenvalue weighted by molar-refractivity contribution is -0.384. The van der Waals surface area contributed by atoms with Crippen LogP contribution in [0.5, 0.6) is 0 Å². The predicted octanol–water partition coefficient (Wildman–Crippen LogP) is 0.330. The van der Waals surface area contributed by atoms with Crippen molar-refractivity contribution in [2.75, 3.05) is 26.2 Å². The molecule has 1 aromatic carbocycles. The summed E-state index contributed by atoms with van der Waals surface area (Å²) in [4.78, 5) is 10.0. The molecular weight excluding hydrogens is 270 g/mol. The lowest BCUT2D eigenvalue weighted by Crippen LogP contribution is -2.46. The van der Waals surface area contributed by atoms with Crippen molar-refractivity contribution in [3.63, 3.8) is 0 Å². The van der Waals surface area contributed by atoms with E-state index in [1.165, 1.54) is 28.6 Å². The summed E-state index contributed by atoms with van der Waals surface area (Å²) in [6.07, 6.45) is 0. The number of benzene rings is 1. The van der Waals surface area contributed by atoms with Gasteiger partial charge in [0.15, 0.2) is 0 Å². The number of nitro groups is 1. The van der Waals surface area contributed by atoms with E-state index in [1.807, 2.05) is 0 Å². The zero-order chi connectivity index (χ0) is 13.9. The van der Waals surface area contributed by atoms with Crippen LogP contribution in [-0.4, -0.2) is 43.8 Å². The molecule has 1 fully saturated rings. The van der Waals surface area contributed by atoms with Gasteiger partial charge in [-0.3, -0.25) is 10.1 Å². The van der Waals surface area contributed by atoms with Crippen molar-refractivity contribution in [2.24, 2.45) is 0 Å². The Bertz CT molecular complexity index is 550. The number of sulfonamides is 1. The summed E-state index contributed by atoms with van der Waals surface area (Å²) in [5.41, 5.74) is 0.521. The molecule has 104 valence electrons. The van der Waals surface area contributed by atoms with Gasteiger partial charge < -0.3 is 5.32 Å². The van der Waals surface area contributed by atoms with Gasteiger partial charge in [0.1, 0.15) is 0 Å². The fraction of sp³-hybridized carbons (Fsp3) is 0.455. The van der Waals surface area contributed by atoms with E-state index in [2.05, 4.69) is 5.32 Å². The first kappa shape index (κ1) is 13.9. The van der Waals surface area contributed by atoms with Crippen molar-refractivity contribution in [2.45, 2.75) is 5.75 Å². The molecule has 7 nitrogen and oxygen atoms in total. The van der Waals surface area contributed by atoms with Crippen LogP contribution in [0, 0.1) is 10.1 Å². The zero-order valence-electron chi connectivity index (χ0n) is 10.3. The van der Waals surface area contributed by atoms with Gasteiger partial charge in [-0.05, 0) is 5.56 Å². The minimum atomic E-state index is -3.35. The highest BCUT2D eigenvalue weighted by Crippen LogP contribution is 2.16. The molecule has 1 aliphatic heterocycles. The Balaban J connectivity index is 2.09. The van der Waals surface area contributed by atoms with Crippen LogP contribution in [0.1, 0.15) is 5.56 Å². The van der Waals surface area contributed by atoms with Crippen molar-refractivity contribution < 1.29 is 13.3 Å². The molecule has 2 rings (SSSR count). The average molecular weight is 285 g/mol. The van der Waals surface area contributed by atoms with Crippen LogP contribution >= 0.6 is 0 Å². The maximum Gasteiger partial charge on any atom is 0.269 e. The second-order valence-electron chi connectivity index (χ2n) is 4.33. The standard InChI is InChI=1S/C11H15N3O4S/c15-14(16)11-3-1-10(2-4-11)9-19(17,18)13-7-5-12-6-8-13/h1-4,12H,5-9H2. The van der Waals surface area contributed by atoms with Crippen LogP contribution < -0.4 is 5.32 Å². The highest BCUT2D eigenvalue weighted by atomic mass is 32.2. The first-order valence-electron chi connectivity index (χ1n) is 5.91. The molecule has 1 N–H and O–H groups in total. The average Bonchev–Trinajstić information content (AvgIpc) is 2.40. The van der Waals surface area contributed by atoms with E-state index < -0.39 is 14.9 Å². The molecule has 0 radical (unpaired) electrons. The molecule has 0 atom stereocenters. The molecule has 0 unspecified atom stereocenters. The summed E-state index contributed by atoms with van der Waals surface area (Å²) >= 11 is 0. The van der Waals surface area contributed by atoms with Crippen LogP contribution in [-0.2, 0) is 15.8 Å². The van der Waals surface area contributed by atoms with E-state index in [-0.39, 0.29) is 11.4 Å². The quantitative estimate of drug-likeness (QED) is 0.635. The smallest absolute Gasteiger partial charge is 0.269 e. The highest BCUT2D eigenvalue weighted by molar-refractivity contribution is 7.88. The van der Waals surface area contributed by atoms with E-state index in [0.717, 1.165) is 0 Å². The van der Waals surface area contributed by atoms with Crippen LogP contribution in [0.4, 0.5) is 5.69 Å². The van der Waals surface area contributed by atoms with Gasteiger partial charge in [0, 0.05) is 38.3 Å². The lowest BCUT2D eigenvalue weighted by atomic mass is 10.2. The number of nitro benzene ring substituents is 1. The molecule has 0 amide bonds. The number of hydrogen-bond acceptors (Lipinski definition) is 5. The van der Waals surface area contributed by atoms with Gasteiger partial charge in [0.25, 0.3) is 5.69 Å². The maximum atomic E-state index is 12.1. The molecule has 1 aliphatic rings. The van der Waals surface area contributed by atoms with E-state index in [1.54, 1.807) is 0 Å². The summed E-state index contributed by atoms with van der Waals surface area (Å²) in [6.45, 7) is 2.24. The Labute approximate surface area is 111 Å². The SMILES string of the molecule is O=[N+]([O-])c1ccc(CS(=O)(=O)N2CCNCC2)cc1. The minimum absolute atomic E-state index is 0.0386. The summed E-state index contributed by atoms with van der Waals surface area (Å²) < 4.78 is 25.7. The van der Waals surface area contributed by atoms with Crippen LogP contribution in [0.3, 0.4) is 0 Å². The molecule has 1 aromatic rings. The summed E-state index contributed by atoms with van der Waals surface area (Å²) in [6, 6.07) is 5.61. The lowest BCUT2D eigenvalue weighted by Gasteiger charge is -2.26. The molecule has 8 heteroatoms. The third-order valence-electron chi connectivity index (χ3n) is 2.97. The second-order valence-corrected chi connectivity index (χ2v) is 6.30. The van der Waals surface area contributed by atoms with Crippen LogP contribution in [0.15, 0.2) is 24.3 Å². The summed E-state index contributed by atoms with van der Waals surface area (Å²) in [7, 11) is -3.35. The largest absolute Gasteiger partial charge is 0.314 e. The van der Waals surface area contributed by atoms with Gasteiger partial charge in [0.05, 0.1) is 10.7 Å². The Morgan fingerprint density at radius 1 is 1.21 bits per heavy atom. The monoisotopic (exact) mass is 285 g/mol. The first-order chi connectivity index (χ1) is 8.99.